The third-order valence-electron chi connectivity index (χ3n) is 4.24. The molecule has 0 radical (unpaired) electrons. The summed E-state index contributed by atoms with van der Waals surface area (Å²) in [6.07, 6.45) is 0. The van der Waals surface area contributed by atoms with Crippen molar-refractivity contribution in [3.8, 4) is 5.69 Å². The lowest BCUT2D eigenvalue weighted by molar-refractivity contribution is 0.812. The summed E-state index contributed by atoms with van der Waals surface area (Å²) in [6, 6.07) is 17.9. The third-order valence-corrected chi connectivity index (χ3v) is 5.30. The Labute approximate surface area is 164 Å². The maximum atomic E-state index is 12.4. The first-order valence-corrected chi connectivity index (χ1v) is 9.51. The molecule has 1 atom stereocenters. The minimum atomic E-state index is -0.417. The van der Waals surface area contributed by atoms with E-state index in [1.54, 1.807) is 22.8 Å². The van der Waals surface area contributed by atoms with Gasteiger partial charge in [-0.2, -0.15) is 4.98 Å². The highest BCUT2D eigenvalue weighted by molar-refractivity contribution is 7.99. The predicted octanol–water partition coefficient (Wildman–Crippen LogP) is 2.90. The molecule has 2 heterocycles. The number of nitrogens with two attached hydrogens (primary N) is 1. The van der Waals surface area contributed by atoms with E-state index in [9.17, 15) is 9.59 Å². The Morgan fingerprint density at radius 2 is 1.75 bits per heavy atom. The molecule has 0 aliphatic carbocycles. The number of rotatable bonds is 4. The molecule has 0 saturated heterocycles. The number of fused-ring (bicyclic) bond motifs is 1. The number of nitrogens with one attached hydrogen (secondary N) is 1. The van der Waals surface area contributed by atoms with Crippen molar-refractivity contribution in [2.45, 2.75) is 17.3 Å². The van der Waals surface area contributed by atoms with Crippen molar-refractivity contribution in [3.05, 3.63) is 87.2 Å². The van der Waals surface area contributed by atoms with Gasteiger partial charge in [0.15, 0.2) is 5.16 Å². The summed E-state index contributed by atoms with van der Waals surface area (Å²) in [5, 5.41) is 0.701. The van der Waals surface area contributed by atoms with Crippen molar-refractivity contribution >= 4 is 28.5 Å². The van der Waals surface area contributed by atoms with Crippen molar-refractivity contribution in [2.75, 3.05) is 5.73 Å². The number of thioether (sulfide) groups is 1. The molecule has 28 heavy (non-hydrogen) atoms. The van der Waals surface area contributed by atoms with E-state index in [-0.39, 0.29) is 10.8 Å². The third kappa shape index (κ3) is 3.41. The molecule has 4 aromatic rings. The smallest absolute Gasteiger partial charge is 0.275 e. The first kappa shape index (κ1) is 18.0. The van der Waals surface area contributed by atoms with E-state index in [1.807, 2.05) is 43.3 Å². The average molecular weight is 391 g/mol. The van der Waals surface area contributed by atoms with Gasteiger partial charge in [-0.15, -0.1) is 0 Å². The second kappa shape index (κ2) is 7.32. The zero-order valence-corrected chi connectivity index (χ0v) is 15.8. The molecule has 2 aromatic carbocycles. The fourth-order valence-electron chi connectivity index (χ4n) is 2.90. The summed E-state index contributed by atoms with van der Waals surface area (Å²) < 4.78 is 1.71. The largest absolute Gasteiger partial charge is 0.385 e. The Bertz CT molecular complexity index is 1270. The Hall–Kier alpha value is -3.39. The molecule has 0 saturated carbocycles. The van der Waals surface area contributed by atoms with Crippen molar-refractivity contribution in [2.24, 2.45) is 0 Å². The van der Waals surface area contributed by atoms with Crippen LogP contribution >= 0.6 is 11.8 Å². The number of aromatic amines is 1. The molecule has 0 fully saturated rings. The molecule has 0 spiro atoms. The molecule has 4 rings (SSSR count). The van der Waals surface area contributed by atoms with Gasteiger partial charge in [-0.1, -0.05) is 42.1 Å². The van der Waals surface area contributed by atoms with E-state index in [0.29, 0.717) is 27.7 Å². The highest BCUT2D eigenvalue weighted by atomic mass is 32.2. The number of aromatic nitrogens is 4. The van der Waals surface area contributed by atoms with Crippen molar-refractivity contribution in [1.29, 1.82) is 0 Å². The van der Waals surface area contributed by atoms with Crippen LogP contribution in [0.3, 0.4) is 0 Å². The summed E-state index contributed by atoms with van der Waals surface area (Å²) in [4.78, 5) is 35.8. The molecule has 7 nitrogen and oxygen atoms in total. The second-order valence-electron chi connectivity index (χ2n) is 6.20. The van der Waals surface area contributed by atoms with Crippen LogP contribution < -0.4 is 16.9 Å². The number of benzene rings is 2. The molecule has 1 unspecified atom stereocenters. The van der Waals surface area contributed by atoms with Crippen LogP contribution in [0, 0.1) is 0 Å². The maximum Gasteiger partial charge on any atom is 0.275 e. The van der Waals surface area contributed by atoms with Gasteiger partial charge in [0.05, 0.1) is 16.2 Å². The van der Waals surface area contributed by atoms with Gasteiger partial charge < -0.3 is 10.7 Å². The standard InChI is InChI=1S/C20H17N5O2S/c1-12(18-22-15-10-6-5-9-14(15)19(27)24-18)28-20-23-17(26)11-16(21)25(20)13-7-3-2-4-8-13/h2-12H,21H2,1H3,(H,22,24,27). The topological polar surface area (TPSA) is 107 Å². The van der Waals surface area contributed by atoms with Gasteiger partial charge >= 0.3 is 0 Å². The Morgan fingerprint density at radius 3 is 2.54 bits per heavy atom. The van der Waals surface area contributed by atoms with E-state index in [0.717, 1.165) is 5.69 Å². The van der Waals surface area contributed by atoms with Crippen LogP contribution in [0.1, 0.15) is 18.0 Å². The zero-order valence-electron chi connectivity index (χ0n) is 15.0. The summed E-state index contributed by atoms with van der Waals surface area (Å²) in [5.74, 6) is 0.797. The molecular weight excluding hydrogens is 374 g/mol. The van der Waals surface area contributed by atoms with E-state index < -0.39 is 5.56 Å². The van der Waals surface area contributed by atoms with Crippen LogP contribution in [0.2, 0.25) is 0 Å². The van der Waals surface area contributed by atoms with Crippen LogP contribution in [0.25, 0.3) is 16.6 Å². The van der Waals surface area contributed by atoms with Crippen LogP contribution in [0.15, 0.2) is 75.4 Å². The normalized spacial score (nSPS) is 12.2. The number of para-hydroxylation sites is 2. The molecule has 0 bridgehead atoms. The van der Waals surface area contributed by atoms with E-state index in [1.165, 1.54) is 17.8 Å². The molecular formula is C20H17N5O2S. The average Bonchev–Trinajstić information content (AvgIpc) is 2.68. The van der Waals surface area contributed by atoms with Crippen molar-refractivity contribution < 1.29 is 0 Å². The zero-order chi connectivity index (χ0) is 19.7. The van der Waals surface area contributed by atoms with Crippen LogP contribution in [0.5, 0.6) is 0 Å². The van der Waals surface area contributed by atoms with Gasteiger partial charge in [0.25, 0.3) is 11.1 Å². The number of hydrogen-bond donors (Lipinski definition) is 2. The Balaban J connectivity index is 1.77. The minimum absolute atomic E-state index is 0.200. The van der Waals surface area contributed by atoms with Crippen LogP contribution in [-0.2, 0) is 0 Å². The predicted molar refractivity (Wildman–Crippen MR) is 111 cm³/mol. The summed E-state index contributed by atoms with van der Waals surface area (Å²) >= 11 is 1.30. The van der Waals surface area contributed by atoms with E-state index >= 15 is 0 Å². The lowest BCUT2D eigenvalue weighted by atomic mass is 10.2. The number of anilines is 1. The molecule has 140 valence electrons. The fourth-order valence-corrected chi connectivity index (χ4v) is 3.90. The quantitative estimate of drug-likeness (QED) is 0.409. The lowest BCUT2D eigenvalue weighted by Gasteiger charge is -2.17. The molecule has 8 heteroatoms. The molecule has 0 aliphatic rings. The fraction of sp³-hybridized carbons (Fsp3) is 0.100. The summed E-state index contributed by atoms with van der Waals surface area (Å²) in [7, 11) is 0. The Kier molecular flexibility index (Phi) is 4.70. The van der Waals surface area contributed by atoms with Gasteiger partial charge in [-0.25, -0.2) is 4.98 Å². The Morgan fingerprint density at radius 1 is 1.04 bits per heavy atom. The SMILES string of the molecule is CC(Sc1nc(=O)cc(N)n1-c1ccccc1)c1nc2ccccc2c(=O)[nH]1. The summed E-state index contributed by atoms with van der Waals surface area (Å²) in [6.45, 7) is 1.89. The molecule has 2 aromatic heterocycles. The lowest BCUT2D eigenvalue weighted by Crippen LogP contribution is -2.18. The number of nitrogen functional groups attached to an aromatic ring is 1. The van der Waals surface area contributed by atoms with Crippen molar-refractivity contribution in [3.63, 3.8) is 0 Å². The second-order valence-corrected chi connectivity index (χ2v) is 7.51. The maximum absolute atomic E-state index is 12.4. The molecule has 3 N–H and O–H groups in total. The van der Waals surface area contributed by atoms with Gasteiger partial charge in [0.1, 0.15) is 11.6 Å². The van der Waals surface area contributed by atoms with Crippen molar-refractivity contribution in [1.82, 2.24) is 19.5 Å². The first-order valence-electron chi connectivity index (χ1n) is 8.63. The summed E-state index contributed by atoms with van der Waals surface area (Å²) in [5.41, 5.74) is 6.90. The first-order chi connectivity index (χ1) is 13.5. The number of H-pyrrole nitrogens is 1. The van der Waals surface area contributed by atoms with E-state index in [4.69, 9.17) is 5.73 Å². The molecule has 0 aliphatic heterocycles. The van der Waals surface area contributed by atoms with Gasteiger partial charge in [-0.3, -0.25) is 14.2 Å². The monoisotopic (exact) mass is 391 g/mol. The van der Waals surface area contributed by atoms with E-state index in [2.05, 4.69) is 15.0 Å². The highest BCUT2D eigenvalue weighted by Crippen LogP contribution is 2.33. The van der Waals surface area contributed by atoms with Gasteiger partial charge in [-0.05, 0) is 31.2 Å². The van der Waals surface area contributed by atoms with Crippen LogP contribution in [0.4, 0.5) is 5.82 Å². The number of hydrogen-bond acceptors (Lipinski definition) is 6. The van der Waals surface area contributed by atoms with Gasteiger partial charge in [0.2, 0.25) is 0 Å². The minimum Gasteiger partial charge on any atom is -0.385 e. The highest BCUT2D eigenvalue weighted by Gasteiger charge is 2.17. The number of nitrogens with zero attached hydrogens (tertiary/aromatic N) is 3. The van der Waals surface area contributed by atoms with Gasteiger partial charge in [0, 0.05) is 11.8 Å². The molecule has 0 amide bonds. The van der Waals surface area contributed by atoms with Crippen LogP contribution in [-0.4, -0.2) is 19.5 Å².